The van der Waals surface area contributed by atoms with Crippen LogP contribution < -0.4 is 5.32 Å². The van der Waals surface area contributed by atoms with Crippen molar-refractivity contribution in [2.24, 2.45) is 4.99 Å². The Morgan fingerprint density at radius 2 is 1.79 bits per heavy atom. The molecule has 4 rings (SSSR count). The summed E-state index contributed by atoms with van der Waals surface area (Å²) in [5.41, 5.74) is 4.47. The normalized spacial score (nSPS) is 16.6. The van der Waals surface area contributed by atoms with Crippen LogP contribution in [0.2, 0.25) is 5.02 Å². The largest absolute Gasteiger partial charge is 0.457 e. The molecule has 0 unspecified atom stereocenters. The van der Waals surface area contributed by atoms with Crippen LogP contribution in [0.5, 0.6) is 0 Å². The Kier molecular flexibility index (Phi) is 5.60. The highest BCUT2D eigenvalue weighted by atomic mass is 35.5. The highest BCUT2D eigenvalue weighted by Crippen LogP contribution is 2.29. The van der Waals surface area contributed by atoms with Gasteiger partial charge >= 0.3 is 0 Å². The molecule has 1 aliphatic heterocycles. The van der Waals surface area contributed by atoms with Gasteiger partial charge in [-0.3, -0.25) is 9.79 Å². The summed E-state index contributed by atoms with van der Waals surface area (Å²) in [4.78, 5) is 17.4. The third-order valence-electron chi connectivity index (χ3n) is 4.37. The number of carbonyl (C=O) groups excluding carboxylic acids is 1. The summed E-state index contributed by atoms with van der Waals surface area (Å²) < 4.78 is 5.86. The molecule has 146 valence electrons. The molecule has 1 saturated heterocycles. The number of amides is 1. The first-order chi connectivity index (χ1) is 14.0. The smallest absolute Gasteiger partial charge is 0.264 e. The minimum Gasteiger partial charge on any atom is -0.457 e. The van der Waals surface area contributed by atoms with Crippen LogP contribution in [0.1, 0.15) is 22.5 Å². The lowest BCUT2D eigenvalue weighted by Crippen LogP contribution is -2.19. The summed E-state index contributed by atoms with van der Waals surface area (Å²) in [6, 6.07) is 17.5. The Morgan fingerprint density at radius 1 is 1.07 bits per heavy atom. The highest BCUT2D eigenvalue weighted by Gasteiger charge is 2.24. The van der Waals surface area contributed by atoms with Gasteiger partial charge in [-0.1, -0.05) is 40.9 Å². The number of nitrogens with zero attached hydrogens (tertiary/aromatic N) is 1. The molecule has 1 N–H and O–H groups in total. The molecule has 3 aromatic rings. The summed E-state index contributed by atoms with van der Waals surface area (Å²) in [5.74, 6) is 1.17. The molecule has 0 atom stereocenters. The van der Waals surface area contributed by atoms with Gasteiger partial charge in [0.2, 0.25) is 0 Å². The molecule has 1 aliphatic rings. The Bertz CT molecular complexity index is 1110. The third-order valence-corrected chi connectivity index (χ3v) is 5.57. The van der Waals surface area contributed by atoms with Crippen molar-refractivity contribution in [1.82, 2.24) is 5.32 Å². The zero-order valence-corrected chi connectivity index (χ0v) is 17.6. The molecule has 1 fully saturated rings. The molecule has 2 aromatic carbocycles. The average Bonchev–Trinajstić information content (AvgIpc) is 3.27. The van der Waals surface area contributed by atoms with E-state index in [0.29, 0.717) is 27.4 Å². The van der Waals surface area contributed by atoms with Crippen LogP contribution in [0.25, 0.3) is 17.4 Å². The molecule has 4 nitrogen and oxygen atoms in total. The van der Waals surface area contributed by atoms with Crippen LogP contribution in [0.3, 0.4) is 0 Å². The van der Waals surface area contributed by atoms with Gasteiger partial charge < -0.3 is 9.73 Å². The first-order valence-corrected chi connectivity index (χ1v) is 10.3. The number of carbonyl (C=O) groups is 1. The van der Waals surface area contributed by atoms with E-state index in [1.54, 1.807) is 6.08 Å². The van der Waals surface area contributed by atoms with Crippen molar-refractivity contribution in [3.63, 3.8) is 0 Å². The summed E-state index contributed by atoms with van der Waals surface area (Å²) in [6.07, 6.45) is 1.73. The first-order valence-electron chi connectivity index (χ1n) is 9.14. The van der Waals surface area contributed by atoms with E-state index in [4.69, 9.17) is 16.0 Å². The number of benzene rings is 2. The second-order valence-corrected chi connectivity index (χ2v) is 8.36. The van der Waals surface area contributed by atoms with Crippen molar-refractivity contribution in [3.05, 3.63) is 87.0 Å². The minimum atomic E-state index is -0.168. The van der Waals surface area contributed by atoms with Crippen LogP contribution in [-0.2, 0) is 11.3 Å². The van der Waals surface area contributed by atoms with E-state index in [0.717, 1.165) is 16.9 Å². The molecule has 6 heteroatoms. The number of amidine groups is 1. The standard InChI is InChI=1S/C23H19ClN2O2S/c1-14-9-15(2)11-16(10-14)13-25-23-26-22(27)21(29-23)12-19-7-8-20(28-19)17-3-5-18(24)6-4-17/h3-12H,13H2,1-2H3,(H,25,26,27)/b21-12-. The SMILES string of the molecule is Cc1cc(C)cc(CN=C2NC(=O)/C(=C/c3ccc(-c4ccc(Cl)cc4)o3)S2)c1. The number of nitrogens with one attached hydrogen (secondary N) is 1. The first kappa shape index (κ1) is 19.6. The lowest BCUT2D eigenvalue weighted by Gasteiger charge is -2.02. The van der Waals surface area contributed by atoms with Gasteiger partial charge in [0.1, 0.15) is 11.5 Å². The Balaban J connectivity index is 1.47. The number of hydrogen-bond donors (Lipinski definition) is 1. The monoisotopic (exact) mass is 422 g/mol. The van der Waals surface area contributed by atoms with Crippen LogP contribution in [0, 0.1) is 13.8 Å². The minimum absolute atomic E-state index is 0.168. The number of aliphatic imine (C=N–C) groups is 1. The maximum atomic E-state index is 12.3. The number of hydrogen-bond acceptors (Lipinski definition) is 4. The summed E-state index contributed by atoms with van der Waals surface area (Å²) in [6.45, 7) is 4.66. The molecule has 0 spiro atoms. The molecule has 2 heterocycles. The van der Waals surface area contributed by atoms with Gasteiger partial charge in [-0.2, -0.15) is 0 Å². The molecular formula is C23H19ClN2O2S. The van der Waals surface area contributed by atoms with Crippen molar-refractivity contribution >= 4 is 40.5 Å². The van der Waals surface area contributed by atoms with E-state index in [9.17, 15) is 4.79 Å². The van der Waals surface area contributed by atoms with Crippen molar-refractivity contribution in [2.75, 3.05) is 0 Å². The highest BCUT2D eigenvalue weighted by molar-refractivity contribution is 8.18. The van der Waals surface area contributed by atoms with E-state index in [-0.39, 0.29) is 5.91 Å². The van der Waals surface area contributed by atoms with Gasteiger partial charge in [-0.05, 0) is 67.6 Å². The van der Waals surface area contributed by atoms with Crippen LogP contribution >= 0.6 is 23.4 Å². The third kappa shape index (κ3) is 4.81. The van der Waals surface area contributed by atoms with Gasteiger partial charge in [0.25, 0.3) is 5.91 Å². The van der Waals surface area contributed by atoms with Gasteiger partial charge in [-0.25, -0.2) is 0 Å². The number of halogens is 1. The van der Waals surface area contributed by atoms with Crippen LogP contribution in [-0.4, -0.2) is 11.1 Å². The average molecular weight is 423 g/mol. The van der Waals surface area contributed by atoms with Crippen LogP contribution in [0.4, 0.5) is 0 Å². The Morgan fingerprint density at radius 3 is 2.52 bits per heavy atom. The number of thioether (sulfide) groups is 1. The van der Waals surface area contributed by atoms with Gasteiger partial charge in [-0.15, -0.1) is 0 Å². The Labute approximate surface area is 178 Å². The summed E-state index contributed by atoms with van der Waals surface area (Å²) in [7, 11) is 0. The number of rotatable bonds is 4. The molecule has 0 bridgehead atoms. The lowest BCUT2D eigenvalue weighted by atomic mass is 10.1. The van der Waals surface area contributed by atoms with Crippen molar-refractivity contribution in [1.29, 1.82) is 0 Å². The van der Waals surface area contributed by atoms with Gasteiger partial charge in [0.15, 0.2) is 5.17 Å². The van der Waals surface area contributed by atoms with E-state index in [1.807, 2.05) is 36.4 Å². The molecule has 0 radical (unpaired) electrons. The Hall–Kier alpha value is -2.76. The maximum absolute atomic E-state index is 12.3. The summed E-state index contributed by atoms with van der Waals surface area (Å²) >= 11 is 7.25. The molecule has 0 aliphatic carbocycles. The quantitative estimate of drug-likeness (QED) is 0.526. The molecule has 1 amide bonds. The predicted molar refractivity (Wildman–Crippen MR) is 120 cm³/mol. The molecule has 29 heavy (non-hydrogen) atoms. The van der Waals surface area contributed by atoms with E-state index < -0.39 is 0 Å². The number of furan rings is 1. The fraction of sp³-hybridized carbons (Fsp3) is 0.130. The summed E-state index contributed by atoms with van der Waals surface area (Å²) in [5, 5.41) is 4.09. The molecule has 0 saturated carbocycles. The van der Waals surface area contributed by atoms with Crippen molar-refractivity contribution < 1.29 is 9.21 Å². The topological polar surface area (TPSA) is 54.6 Å². The maximum Gasteiger partial charge on any atom is 0.264 e. The zero-order chi connectivity index (χ0) is 20.4. The van der Waals surface area contributed by atoms with Crippen LogP contribution in [0.15, 0.2) is 68.9 Å². The number of aryl methyl sites for hydroxylation is 2. The second kappa shape index (κ2) is 8.31. The van der Waals surface area contributed by atoms with Gasteiger partial charge in [0.05, 0.1) is 11.4 Å². The van der Waals surface area contributed by atoms with Crippen molar-refractivity contribution in [2.45, 2.75) is 20.4 Å². The van der Waals surface area contributed by atoms with E-state index >= 15 is 0 Å². The lowest BCUT2D eigenvalue weighted by molar-refractivity contribution is -0.115. The van der Waals surface area contributed by atoms with E-state index in [1.165, 1.54) is 22.9 Å². The van der Waals surface area contributed by atoms with Crippen molar-refractivity contribution in [3.8, 4) is 11.3 Å². The van der Waals surface area contributed by atoms with Gasteiger partial charge in [0, 0.05) is 16.7 Å². The fourth-order valence-corrected chi connectivity index (χ4v) is 4.08. The van der Waals surface area contributed by atoms with E-state index in [2.05, 4.69) is 42.4 Å². The predicted octanol–water partition coefficient (Wildman–Crippen LogP) is 5.98. The molecule has 1 aromatic heterocycles. The molecular weight excluding hydrogens is 404 g/mol. The second-order valence-electron chi connectivity index (χ2n) is 6.89. The fourth-order valence-electron chi connectivity index (χ4n) is 3.15. The zero-order valence-electron chi connectivity index (χ0n) is 16.0.